The lowest BCUT2D eigenvalue weighted by molar-refractivity contribution is -0.128. The number of nitrogens with one attached hydrogen (secondary N) is 1. The second kappa shape index (κ2) is 7.74. The van der Waals surface area contributed by atoms with E-state index < -0.39 is 0 Å². The molecule has 106 valence electrons. The van der Waals surface area contributed by atoms with Gasteiger partial charge in [-0.1, -0.05) is 0 Å². The van der Waals surface area contributed by atoms with Crippen molar-refractivity contribution in [2.24, 2.45) is 0 Å². The molecule has 0 aromatic rings. The zero-order valence-corrected chi connectivity index (χ0v) is 12.4. The maximum atomic E-state index is 11.5. The second-order valence-electron chi connectivity index (χ2n) is 5.75. The van der Waals surface area contributed by atoms with E-state index in [0.717, 1.165) is 6.54 Å². The topological polar surface area (TPSA) is 35.6 Å². The first kappa shape index (κ1) is 15.4. The Labute approximate surface area is 112 Å². The van der Waals surface area contributed by atoms with Crippen molar-refractivity contribution in [3.05, 3.63) is 0 Å². The Bertz CT molecular complexity index is 253. The molecule has 0 radical (unpaired) electrons. The van der Waals surface area contributed by atoms with Crippen LogP contribution in [0.25, 0.3) is 0 Å². The standard InChI is InChI=1S/C14H29N3O/c1-12(2)17-10-5-6-13(8-11-17)15-9-7-14(18)16(3)4/h12-13,15H,5-11H2,1-4H3. The number of carbonyl (C=O) groups is 1. The number of hydrogen-bond donors (Lipinski definition) is 1. The molecule has 18 heavy (non-hydrogen) atoms. The van der Waals surface area contributed by atoms with Crippen LogP contribution < -0.4 is 5.32 Å². The van der Waals surface area contributed by atoms with Crippen molar-refractivity contribution >= 4 is 5.91 Å². The lowest BCUT2D eigenvalue weighted by Crippen LogP contribution is -2.35. The van der Waals surface area contributed by atoms with E-state index >= 15 is 0 Å². The summed E-state index contributed by atoms with van der Waals surface area (Å²) in [6.07, 6.45) is 4.31. The Morgan fingerprint density at radius 1 is 1.33 bits per heavy atom. The first-order valence-electron chi connectivity index (χ1n) is 7.18. The van der Waals surface area contributed by atoms with Gasteiger partial charge in [0.1, 0.15) is 0 Å². The Kier molecular flexibility index (Phi) is 6.65. The summed E-state index contributed by atoms with van der Waals surface area (Å²) in [5.41, 5.74) is 0. The second-order valence-corrected chi connectivity index (χ2v) is 5.75. The van der Waals surface area contributed by atoms with Gasteiger partial charge in [-0.2, -0.15) is 0 Å². The zero-order valence-electron chi connectivity index (χ0n) is 12.4. The van der Waals surface area contributed by atoms with Gasteiger partial charge in [-0.15, -0.1) is 0 Å². The number of rotatable bonds is 5. The molecule has 1 saturated heterocycles. The van der Waals surface area contributed by atoms with Crippen LogP contribution in [0.1, 0.15) is 39.5 Å². The highest BCUT2D eigenvalue weighted by atomic mass is 16.2. The maximum absolute atomic E-state index is 11.5. The van der Waals surface area contributed by atoms with E-state index in [2.05, 4.69) is 24.1 Å². The van der Waals surface area contributed by atoms with E-state index in [1.54, 1.807) is 4.90 Å². The molecule has 0 bridgehead atoms. The third-order valence-corrected chi connectivity index (χ3v) is 3.76. The number of likely N-dealkylation sites (tertiary alicyclic amines) is 1. The lowest BCUT2D eigenvalue weighted by atomic mass is 10.1. The highest BCUT2D eigenvalue weighted by Crippen LogP contribution is 2.13. The third-order valence-electron chi connectivity index (χ3n) is 3.76. The summed E-state index contributed by atoms with van der Waals surface area (Å²) in [6.45, 7) is 7.74. The highest BCUT2D eigenvalue weighted by molar-refractivity contribution is 5.75. The summed E-state index contributed by atoms with van der Waals surface area (Å²) in [4.78, 5) is 15.7. The predicted molar refractivity (Wildman–Crippen MR) is 75.7 cm³/mol. The Morgan fingerprint density at radius 2 is 2.06 bits per heavy atom. The molecule has 1 heterocycles. The van der Waals surface area contributed by atoms with E-state index in [9.17, 15) is 4.79 Å². The summed E-state index contributed by atoms with van der Waals surface area (Å²) < 4.78 is 0. The van der Waals surface area contributed by atoms with E-state index in [1.165, 1.54) is 32.4 Å². The summed E-state index contributed by atoms with van der Waals surface area (Å²) in [6, 6.07) is 1.24. The van der Waals surface area contributed by atoms with Crippen LogP contribution >= 0.6 is 0 Å². The third kappa shape index (κ3) is 5.36. The molecule has 4 nitrogen and oxygen atoms in total. The summed E-state index contributed by atoms with van der Waals surface area (Å²) in [5, 5.41) is 3.53. The summed E-state index contributed by atoms with van der Waals surface area (Å²) in [5.74, 6) is 0.208. The van der Waals surface area contributed by atoms with Crippen molar-refractivity contribution in [3.63, 3.8) is 0 Å². The molecule has 1 atom stereocenters. The van der Waals surface area contributed by atoms with Gasteiger partial charge in [0.25, 0.3) is 0 Å². The van der Waals surface area contributed by atoms with Crippen LogP contribution in [0.5, 0.6) is 0 Å². The van der Waals surface area contributed by atoms with E-state index in [1.807, 2.05) is 14.1 Å². The molecule has 1 rings (SSSR count). The molecule has 0 aromatic carbocycles. The van der Waals surface area contributed by atoms with Crippen LogP contribution in [-0.4, -0.2) is 61.5 Å². The first-order chi connectivity index (χ1) is 8.50. The molecule has 1 fully saturated rings. The van der Waals surface area contributed by atoms with Crippen LogP contribution in [0, 0.1) is 0 Å². The molecule has 0 spiro atoms. The van der Waals surface area contributed by atoms with Gasteiger partial charge in [0.2, 0.25) is 5.91 Å². The normalized spacial score (nSPS) is 21.9. The van der Waals surface area contributed by atoms with Gasteiger partial charge in [-0.05, 0) is 46.2 Å². The average molecular weight is 255 g/mol. The van der Waals surface area contributed by atoms with Crippen molar-refractivity contribution in [2.45, 2.75) is 51.6 Å². The minimum Gasteiger partial charge on any atom is -0.349 e. The SMILES string of the molecule is CC(C)N1CCCC(NCCC(=O)N(C)C)CC1. The maximum Gasteiger partial charge on any atom is 0.223 e. The Hall–Kier alpha value is -0.610. The lowest BCUT2D eigenvalue weighted by Gasteiger charge is -2.24. The fourth-order valence-electron chi connectivity index (χ4n) is 2.45. The first-order valence-corrected chi connectivity index (χ1v) is 7.18. The molecule has 0 aromatic heterocycles. The van der Waals surface area contributed by atoms with Crippen LogP contribution in [0.2, 0.25) is 0 Å². The number of amides is 1. The fraction of sp³-hybridized carbons (Fsp3) is 0.929. The van der Waals surface area contributed by atoms with Gasteiger partial charge in [0, 0.05) is 39.1 Å². The highest BCUT2D eigenvalue weighted by Gasteiger charge is 2.18. The quantitative estimate of drug-likeness (QED) is 0.805. The molecule has 0 saturated carbocycles. The minimum atomic E-state index is 0.208. The van der Waals surface area contributed by atoms with E-state index in [0.29, 0.717) is 18.5 Å². The van der Waals surface area contributed by atoms with Gasteiger partial charge < -0.3 is 15.1 Å². The van der Waals surface area contributed by atoms with Crippen LogP contribution in [0.4, 0.5) is 0 Å². The smallest absolute Gasteiger partial charge is 0.223 e. The van der Waals surface area contributed by atoms with Gasteiger partial charge in [-0.25, -0.2) is 0 Å². The van der Waals surface area contributed by atoms with Crippen molar-refractivity contribution in [2.75, 3.05) is 33.7 Å². The molecule has 1 N–H and O–H groups in total. The summed E-state index contributed by atoms with van der Waals surface area (Å²) >= 11 is 0. The number of carbonyl (C=O) groups excluding carboxylic acids is 1. The van der Waals surface area contributed by atoms with Crippen molar-refractivity contribution in [1.82, 2.24) is 15.1 Å². The van der Waals surface area contributed by atoms with Crippen molar-refractivity contribution < 1.29 is 4.79 Å². The Morgan fingerprint density at radius 3 is 2.67 bits per heavy atom. The van der Waals surface area contributed by atoms with E-state index in [-0.39, 0.29) is 5.91 Å². The van der Waals surface area contributed by atoms with Crippen LogP contribution in [-0.2, 0) is 4.79 Å². The van der Waals surface area contributed by atoms with Gasteiger partial charge in [-0.3, -0.25) is 4.79 Å². The molecule has 1 aliphatic heterocycles. The predicted octanol–water partition coefficient (Wildman–Crippen LogP) is 1.32. The fourth-order valence-corrected chi connectivity index (χ4v) is 2.45. The van der Waals surface area contributed by atoms with Crippen molar-refractivity contribution in [1.29, 1.82) is 0 Å². The van der Waals surface area contributed by atoms with Gasteiger partial charge >= 0.3 is 0 Å². The monoisotopic (exact) mass is 255 g/mol. The average Bonchev–Trinajstić information content (AvgIpc) is 2.54. The molecule has 1 amide bonds. The largest absolute Gasteiger partial charge is 0.349 e. The Balaban J connectivity index is 2.21. The van der Waals surface area contributed by atoms with Crippen molar-refractivity contribution in [3.8, 4) is 0 Å². The molecule has 1 aliphatic rings. The zero-order chi connectivity index (χ0) is 13.5. The van der Waals surface area contributed by atoms with Crippen LogP contribution in [0.3, 0.4) is 0 Å². The van der Waals surface area contributed by atoms with E-state index in [4.69, 9.17) is 0 Å². The number of hydrogen-bond acceptors (Lipinski definition) is 3. The van der Waals surface area contributed by atoms with Gasteiger partial charge in [0.05, 0.1) is 0 Å². The molecular formula is C14H29N3O. The molecule has 4 heteroatoms. The summed E-state index contributed by atoms with van der Waals surface area (Å²) in [7, 11) is 3.63. The minimum absolute atomic E-state index is 0.208. The van der Waals surface area contributed by atoms with Gasteiger partial charge in [0.15, 0.2) is 0 Å². The number of nitrogens with zero attached hydrogens (tertiary/aromatic N) is 2. The molecular weight excluding hydrogens is 226 g/mol. The van der Waals surface area contributed by atoms with Crippen LogP contribution in [0.15, 0.2) is 0 Å². The molecule has 0 aliphatic carbocycles. The molecule has 1 unspecified atom stereocenters.